The largest absolute Gasteiger partial charge is 0.339 e. The summed E-state index contributed by atoms with van der Waals surface area (Å²) in [6.07, 6.45) is 0. The number of nitriles is 1. The Morgan fingerprint density at radius 2 is 1.18 bits per heavy atom. The van der Waals surface area contributed by atoms with E-state index in [-0.39, 0.29) is 77.0 Å². The van der Waals surface area contributed by atoms with E-state index < -0.39 is 55.2 Å². The van der Waals surface area contributed by atoms with Crippen molar-refractivity contribution in [2.75, 3.05) is 10.6 Å². The molecule has 0 aliphatic rings. The Bertz CT molecular complexity index is 3940. The van der Waals surface area contributed by atoms with Crippen molar-refractivity contribution < 1.29 is 51.9 Å². The molecule has 6 aromatic carbocycles. The maximum absolute atomic E-state index is 12.5. The molecule has 8 aromatic rings. The number of thiazole rings is 1. The summed E-state index contributed by atoms with van der Waals surface area (Å²) >= 11 is 0.861. The molecule has 2 heterocycles. The molecule has 0 aliphatic heterocycles. The highest BCUT2D eigenvalue weighted by atomic mass is 32.2. The van der Waals surface area contributed by atoms with Gasteiger partial charge in [0.15, 0.2) is 16.6 Å². The Labute approximate surface area is 390 Å². The van der Waals surface area contributed by atoms with Crippen LogP contribution < -0.4 is 10.6 Å². The zero-order chi connectivity index (χ0) is 48.8. The Morgan fingerprint density at radius 3 is 1.76 bits per heavy atom. The molecule has 0 saturated carbocycles. The molecule has 0 bridgehead atoms. The summed E-state index contributed by atoms with van der Waals surface area (Å²) < 4.78 is 135. The summed E-state index contributed by atoms with van der Waals surface area (Å²) in [5.41, 5.74) is 1.19. The second kappa shape index (κ2) is 18.0. The van der Waals surface area contributed by atoms with Crippen molar-refractivity contribution in [1.82, 2.24) is 9.97 Å². The number of fused-ring (bicyclic) bond motifs is 2. The lowest BCUT2D eigenvalue weighted by Crippen LogP contribution is -2.05. The molecule has 21 nitrogen and oxygen atoms in total. The highest BCUT2D eigenvalue weighted by Crippen LogP contribution is 2.44. The zero-order valence-corrected chi connectivity index (χ0v) is 38.4. The molecule has 8 rings (SSSR count). The lowest BCUT2D eigenvalue weighted by Gasteiger charge is -2.16. The summed E-state index contributed by atoms with van der Waals surface area (Å²) in [7, 11) is -18.9. The van der Waals surface area contributed by atoms with E-state index in [0.29, 0.717) is 5.56 Å². The van der Waals surface area contributed by atoms with Gasteiger partial charge < -0.3 is 10.6 Å². The molecule has 26 heteroatoms. The minimum atomic E-state index is -4.98. The van der Waals surface area contributed by atoms with Crippen LogP contribution in [0.15, 0.2) is 161 Å². The van der Waals surface area contributed by atoms with Crippen LogP contribution in [0.5, 0.6) is 0 Å². The predicted molar refractivity (Wildman–Crippen MR) is 250 cm³/mol. The third kappa shape index (κ3) is 10.1. The minimum absolute atomic E-state index is 0.0122. The highest BCUT2D eigenvalue weighted by molar-refractivity contribution is 7.86. The maximum Gasteiger partial charge on any atom is 0.295 e. The summed E-state index contributed by atoms with van der Waals surface area (Å²) in [6, 6.07) is 30.3. The molecule has 0 atom stereocenters. The van der Waals surface area contributed by atoms with E-state index in [1.165, 1.54) is 43.3 Å². The maximum atomic E-state index is 12.5. The number of anilines is 4. The lowest BCUT2D eigenvalue weighted by molar-refractivity contribution is 0.481. The summed E-state index contributed by atoms with van der Waals surface area (Å²) in [4.78, 5) is 7.12. The Kier molecular flexibility index (Phi) is 12.4. The van der Waals surface area contributed by atoms with Crippen LogP contribution in [0.1, 0.15) is 11.1 Å². The van der Waals surface area contributed by atoms with Gasteiger partial charge in [-0.2, -0.15) is 38.9 Å². The quantitative estimate of drug-likeness (QED) is 0.0462. The fourth-order valence-corrected chi connectivity index (χ4v) is 9.88. The van der Waals surface area contributed by atoms with Gasteiger partial charge in [-0.3, -0.25) is 18.2 Å². The van der Waals surface area contributed by atoms with Crippen molar-refractivity contribution >= 4 is 118 Å². The second-order valence-corrected chi connectivity index (χ2v) is 21.0. The number of aromatic nitrogens is 2. The summed E-state index contributed by atoms with van der Waals surface area (Å²) in [5, 5.41) is 35.0. The average molecular weight is 1010 g/mol. The van der Waals surface area contributed by atoms with E-state index in [4.69, 9.17) is 0 Å². The van der Waals surface area contributed by atoms with Gasteiger partial charge in [0.25, 0.3) is 40.5 Å². The van der Waals surface area contributed by atoms with Gasteiger partial charge in [-0.1, -0.05) is 59.9 Å². The van der Waals surface area contributed by atoms with Gasteiger partial charge in [-0.15, -0.1) is 20.5 Å². The number of rotatable bonds is 13. The van der Waals surface area contributed by atoms with E-state index in [1.54, 1.807) is 6.07 Å². The third-order valence-electron chi connectivity index (χ3n) is 9.93. The normalized spacial score (nSPS) is 12.5. The summed E-state index contributed by atoms with van der Waals surface area (Å²) in [5.74, 6) is -0.0750. The van der Waals surface area contributed by atoms with Crippen molar-refractivity contribution in [3.63, 3.8) is 0 Å². The average Bonchev–Trinajstić information content (AvgIpc) is 3.69. The molecule has 0 unspecified atom stereocenters. The van der Waals surface area contributed by atoms with Crippen molar-refractivity contribution in [2.45, 2.75) is 26.5 Å². The van der Waals surface area contributed by atoms with Crippen molar-refractivity contribution in [1.29, 1.82) is 5.26 Å². The first-order chi connectivity index (χ1) is 32.1. The van der Waals surface area contributed by atoms with Crippen LogP contribution in [0, 0.1) is 18.3 Å². The first-order valence-electron chi connectivity index (χ1n) is 19.1. The van der Waals surface area contributed by atoms with E-state index >= 15 is 0 Å². The molecular formula is C42H29N9O12S5. The topological polar surface area (TPSA) is 341 Å². The van der Waals surface area contributed by atoms with Crippen LogP contribution in [-0.4, -0.2) is 61.9 Å². The van der Waals surface area contributed by atoms with Crippen LogP contribution in [0.2, 0.25) is 0 Å². The molecule has 6 N–H and O–H groups in total. The van der Waals surface area contributed by atoms with Gasteiger partial charge in [0.1, 0.15) is 27.2 Å². The number of azo groups is 2. The number of pyridine rings is 1. The molecule has 0 amide bonds. The molecule has 0 saturated heterocycles. The minimum Gasteiger partial charge on any atom is -0.339 e. The van der Waals surface area contributed by atoms with Gasteiger partial charge in [-0.05, 0) is 90.5 Å². The second-order valence-electron chi connectivity index (χ2n) is 14.4. The first kappa shape index (κ1) is 47.1. The molecule has 2 aromatic heterocycles. The third-order valence-corrected chi connectivity index (χ3v) is 14.3. The fraction of sp³-hybridized carbons (Fsp3) is 0.0238. The van der Waals surface area contributed by atoms with Crippen LogP contribution >= 0.6 is 11.3 Å². The van der Waals surface area contributed by atoms with E-state index in [2.05, 4.69) is 47.1 Å². The van der Waals surface area contributed by atoms with E-state index in [0.717, 1.165) is 64.6 Å². The van der Waals surface area contributed by atoms with E-state index in [1.807, 2.05) is 36.4 Å². The van der Waals surface area contributed by atoms with Crippen LogP contribution in [-0.2, 0) is 40.5 Å². The number of benzene rings is 6. The molecule has 0 radical (unpaired) electrons. The molecule has 344 valence electrons. The van der Waals surface area contributed by atoms with Crippen LogP contribution in [0.25, 0.3) is 32.8 Å². The van der Waals surface area contributed by atoms with Crippen molar-refractivity contribution in [3.8, 4) is 17.3 Å². The predicted octanol–water partition coefficient (Wildman–Crippen LogP) is 10.00. The van der Waals surface area contributed by atoms with Crippen molar-refractivity contribution in [2.24, 2.45) is 20.5 Å². The molecule has 0 aliphatic carbocycles. The monoisotopic (exact) mass is 1010 g/mol. The molecule has 68 heavy (non-hydrogen) atoms. The van der Waals surface area contributed by atoms with Gasteiger partial charge in [0, 0.05) is 33.3 Å². The fourth-order valence-electron chi connectivity index (χ4n) is 6.76. The zero-order valence-electron chi connectivity index (χ0n) is 34.3. The van der Waals surface area contributed by atoms with Crippen LogP contribution in [0.3, 0.4) is 0 Å². The van der Waals surface area contributed by atoms with Crippen LogP contribution in [0.4, 0.5) is 44.5 Å². The first-order valence-corrected chi connectivity index (χ1v) is 25.6. The number of nitrogens with zero attached hydrogens (tertiary/aromatic N) is 7. The Hall–Kier alpha value is -7.45. The molecule has 0 fully saturated rings. The molecule has 0 spiro atoms. The van der Waals surface area contributed by atoms with E-state index in [9.17, 15) is 57.1 Å². The van der Waals surface area contributed by atoms with Gasteiger partial charge in [0.05, 0.1) is 21.0 Å². The number of hydrogen-bond acceptors (Lipinski definition) is 18. The number of nitrogens with one attached hydrogen (secondary N) is 2. The highest BCUT2D eigenvalue weighted by Gasteiger charge is 2.23. The molecular weight excluding hydrogens is 983 g/mol. The van der Waals surface area contributed by atoms with Crippen molar-refractivity contribution in [3.05, 3.63) is 132 Å². The summed E-state index contributed by atoms with van der Waals surface area (Å²) in [6.45, 7) is 1.54. The SMILES string of the molecule is Cc1c(C#N)c(Nc2ccc(S(=O)(=O)O)cc2)nc(Nc2ccc(S(=O)(=O)O)cc2)c1/N=N/c1nc(-c2ccc3ccccc3c2)c(/N=N/c2cc(S(=O)(=O)O)c3cccc(S(=O)(=O)O)c3c2)s1. The van der Waals surface area contributed by atoms with Gasteiger partial charge in [-0.25, -0.2) is 9.97 Å². The number of hydrogen-bond donors (Lipinski definition) is 6. The standard InChI is InChI=1S/C42H29N9O12S5/c1-23-34(22-43)39(44-27-11-15-30(16-12-27)65(52,53)54)47-40(45-28-13-17-31(18-14-28)66(55,56)57)37(23)49-51-42-46-38(26-10-9-24-5-2-3-6-25(24)19-26)41(64-42)50-48-29-20-33-32(36(21-29)68(61,62)63)7-4-8-35(33)67(58,59)60/h2-21H,1H3,(H2,44,45,47)(H,52,53,54)(H,55,56,57)(H,58,59,60)(H,61,62,63)/b50-48+,51-49+. The smallest absolute Gasteiger partial charge is 0.295 e. The van der Waals surface area contributed by atoms with Gasteiger partial charge in [0.2, 0.25) is 5.13 Å². The van der Waals surface area contributed by atoms with Gasteiger partial charge >= 0.3 is 0 Å². The Balaban J connectivity index is 1.26. The lowest BCUT2D eigenvalue weighted by atomic mass is 10.1. The Morgan fingerprint density at radius 1 is 0.574 bits per heavy atom.